The third-order valence-electron chi connectivity index (χ3n) is 4.68. The second-order valence-electron chi connectivity index (χ2n) is 8.35. The zero-order chi connectivity index (χ0) is 24.2. The summed E-state index contributed by atoms with van der Waals surface area (Å²) < 4.78 is 21.0. The lowest BCUT2D eigenvalue weighted by Gasteiger charge is -2.48. The van der Waals surface area contributed by atoms with E-state index in [1.165, 1.54) is 16.7 Å². The van der Waals surface area contributed by atoms with Crippen LogP contribution in [-0.2, 0) is 25.6 Å². The van der Waals surface area contributed by atoms with Crippen LogP contribution < -0.4 is 10.1 Å². The van der Waals surface area contributed by atoms with Gasteiger partial charge in [0.2, 0.25) is 5.88 Å². The van der Waals surface area contributed by atoms with Crippen molar-refractivity contribution in [3.05, 3.63) is 53.4 Å². The van der Waals surface area contributed by atoms with Gasteiger partial charge in [-0.2, -0.15) is 0 Å². The summed E-state index contributed by atoms with van der Waals surface area (Å²) in [6.07, 6.45) is 1.97. The van der Waals surface area contributed by atoms with Gasteiger partial charge in [0.1, 0.15) is 29.4 Å². The number of β-lactam (4-membered cyclic amide) rings is 1. The zero-order valence-corrected chi connectivity index (χ0v) is 20.1. The number of nitrogens with one attached hydrogen (secondary N) is 1. The van der Waals surface area contributed by atoms with Crippen LogP contribution in [0.2, 0.25) is 0 Å². The van der Waals surface area contributed by atoms with Gasteiger partial charge in [0.15, 0.2) is 0 Å². The van der Waals surface area contributed by atoms with Crippen molar-refractivity contribution >= 4 is 29.9 Å². The molecule has 2 aliphatic heterocycles. The maximum Gasteiger partial charge on any atom is 0.515 e. The van der Waals surface area contributed by atoms with E-state index >= 15 is 0 Å². The summed E-state index contributed by atoms with van der Waals surface area (Å²) in [5.41, 5.74) is 0.746. The molecular formula is C23H28N2O7S. The number of hydrogen-bond donors (Lipinski definition) is 1. The summed E-state index contributed by atoms with van der Waals surface area (Å²) in [5, 5.41) is 2.19. The number of hydrogen-bond acceptors (Lipinski definition) is 8. The Bertz CT molecular complexity index is 966. The van der Waals surface area contributed by atoms with Crippen molar-refractivity contribution in [1.29, 1.82) is 0 Å². The number of methoxy groups -OCH3 is 1. The fourth-order valence-corrected chi connectivity index (χ4v) is 4.51. The monoisotopic (exact) mass is 476 g/mol. The number of rotatable bonds is 6. The molecule has 1 fully saturated rings. The van der Waals surface area contributed by atoms with Gasteiger partial charge in [-0.15, -0.1) is 11.8 Å². The van der Waals surface area contributed by atoms with E-state index < -0.39 is 35.2 Å². The van der Waals surface area contributed by atoms with Crippen molar-refractivity contribution in [2.75, 3.05) is 12.9 Å². The Labute approximate surface area is 197 Å². The molecule has 0 aliphatic carbocycles. The number of amides is 2. The van der Waals surface area contributed by atoms with Gasteiger partial charge in [-0.05, 0) is 45.4 Å². The van der Waals surface area contributed by atoms with Crippen LogP contribution in [0.15, 0.2) is 47.9 Å². The van der Waals surface area contributed by atoms with Gasteiger partial charge in [0.05, 0.1) is 7.11 Å². The lowest BCUT2D eigenvalue weighted by atomic mass is 10.1. The molecule has 33 heavy (non-hydrogen) atoms. The van der Waals surface area contributed by atoms with Crippen LogP contribution in [0, 0.1) is 0 Å². The largest absolute Gasteiger partial charge is 0.515 e. The van der Waals surface area contributed by atoms with Gasteiger partial charge in [0.25, 0.3) is 5.91 Å². The van der Waals surface area contributed by atoms with Crippen molar-refractivity contribution in [3.63, 3.8) is 0 Å². The number of nitrogens with zero attached hydrogens (tertiary/aromatic N) is 1. The molecule has 2 amide bonds. The Morgan fingerprint density at radius 2 is 1.94 bits per heavy atom. The van der Waals surface area contributed by atoms with E-state index in [-0.39, 0.29) is 12.5 Å². The average Bonchev–Trinajstić information content (AvgIpc) is 2.76. The molecule has 0 radical (unpaired) electrons. The number of carbonyl (C=O) groups excluding carboxylic acids is 3. The highest BCUT2D eigenvalue weighted by Gasteiger charge is 2.54. The molecule has 0 bridgehead atoms. The number of allylic oxidation sites excluding steroid dienone is 2. The SMILES string of the molecule is CC=CC1=C(OC(=O)OCc2ccc(OC)cc2)N2C(=O)C(NC(=O)OC(C)(C)C)[C@@H]2SC1. The molecule has 1 aromatic rings. The van der Waals surface area contributed by atoms with E-state index in [0.717, 1.165) is 5.56 Å². The third-order valence-corrected chi connectivity index (χ3v) is 5.98. The van der Waals surface area contributed by atoms with Crippen molar-refractivity contribution < 1.29 is 33.3 Å². The van der Waals surface area contributed by atoms with Crippen LogP contribution in [-0.4, -0.2) is 52.9 Å². The minimum atomic E-state index is -0.926. The maximum atomic E-state index is 12.8. The number of thioether (sulfide) groups is 1. The Hall–Kier alpha value is -3.14. The van der Waals surface area contributed by atoms with Gasteiger partial charge in [-0.3, -0.25) is 9.69 Å². The van der Waals surface area contributed by atoms with E-state index in [1.54, 1.807) is 64.3 Å². The number of ether oxygens (including phenoxy) is 4. The lowest BCUT2D eigenvalue weighted by Crippen LogP contribution is -2.70. The standard InChI is InChI=1S/C23H28N2O7S/c1-6-7-15-13-33-20-17(24-21(27)32-23(2,3)4)18(26)25(20)19(15)31-22(28)30-12-14-8-10-16(29-5)11-9-14/h6-11,17,20H,12-13H2,1-5H3,(H,24,27)/t17?,20-/m0/s1. The van der Waals surface area contributed by atoms with Gasteiger partial charge in [-0.25, -0.2) is 9.59 Å². The van der Waals surface area contributed by atoms with Crippen LogP contribution in [0.5, 0.6) is 5.75 Å². The summed E-state index contributed by atoms with van der Waals surface area (Å²) in [7, 11) is 1.57. The maximum absolute atomic E-state index is 12.8. The van der Waals surface area contributed by atoms with Crippen LogP contribution in [0.3, 0.4) is 0 Å². The number of benzene rings is 1. The topological polar surface area (TPSA) is 103 Å². The molecule has 3 rings (SSSR count). The highest BCUT2D eigenvalue weighted by atomic mass is 32.2. The van der Waals surface area contributed by atoms with Gasteiger partial charge in [-0.1, -0.05) is 24.3 Å². The molecule has 0 aromatic heterocycles. The Kier molecular flexibility index (Phi) is 7.57. The molecule has 0 saturated carbocycles. The van der Waals surface area contributed by atoms with Crippen molar-refractivity contribution in [3.8, 4) is 5.75 Å². The van der Waals surface area contributed by atoms with Crippen LogP contribution in [0.4, 0.5) is 9.59 Å². The van der Waals surface area contributed by atoms with E-state index in [1.807, 2.05) is 6.92 Å². The minimum absolute atomic E-state index is 0.00398. The highest BCUT2D eigenvalue weighted by molar-refractivity contribution is 8.00. The second kappa shape index (κ2) is 10.2. The molecule has 10 heteroatoms. The van der Waals surface area contributed by atoms with Crippen molar-refractivity contribution in [1.82, 2.24) is 10.2 Å². The average molecular weight is 477 g/mol. The fourth-order valence-electron chi connectivity index (χ4n) is 3.22. The van der Waals surface area contributed by atoms with E-state index in [0.29, 0.717) is 17.1 Å². The fraction of sp³-hybridized carbons (Fsp3) is 0.435. The Balaban J connectivity index is 1.65. The second-order valence-corrected chi connectivity index (χ2v) is 9.46. The third kappa shape index (κ3) is 6.01. The van der Waals surface area contributed by atoms with Crippen LogP contribution in [0.25, 0.3) is 0 Å². The molecule has 1 aromatic carbocycles. The molecule has 2 aliphatic rings. The van der Waals surface area contributed by atoms with E-state index in [4.69, 9.17) is 18.9 Å². The normalized spacial score (nSPS) is 20.2. The van der Waals surface area contributed by atoms with Crippen LogP contribution >= 0.6 is 11.8 Å². The molecule has 9 nitrogen and oxygen atoms in total. The predicted molar refractivity (Wildman–Crippen MR) is 122 cm³/mol. The smallest absolute Gasteiger partial charge is 0.497 e. The first-order valence-electron chi connectivity index (χ1n) is 10.4. The molecule has 178 valence electrons. The molecule has 2 heterocycles. The first-order valence-corrected chi connectivity index (χ1v) is 11.5. The summed E-state index contributed by atoms with van der Waals surface area (Å²) in [4.78, 5) is 38.7. The summed E-state index contributed by atoms with van der Waals surface area (Å²) in [5.74, 6) is 0.910. The van der Waals surface area contributed by atoms with Gasteiger partial charge < -0.3 is 24.3 Å². The Morgan fingerprint density at radius 1 is 1.24 bits per heavy atom. The van der Waals surface area contributed by atoms with Gasteiger partial charge >= 0.3 is 12.2 Å². The molecule has 1 N–H and O–H groups in total. The van der Waals surface area contributed by atoms with Gasteiger partial charge in [0, 0.05) is 11.3 Å². The number of carbonyl (C=O) groups is 3. The summed E-state index contributed by atoms with van der Waals surface area (Å²) >= 11 is 1.46. The molecular weight excluding hydrogens is 448 g/mol. The number of fused-ring (bicyclic) bond motifs is 1. The number of alkyl carbamates (subject to hydrolysis) is 1. The van der Waals surface area contributed by atoms with E-state index in [9.17, 15) is 14.4 Å². The summed E-state index contributed by atoms with van der Waals surface area (Å²) in [6, 6.07) is 6.30. The first kappa shape index (κ1) is 24.5. The molecule has 1 saturated heterocycles. The Morgan fingerprint density at radius 3 is 2.55 bits per heavy atom. The predicted octanol–water partition coefficient (Wildman–Crippen LogP) is 3.94. The van der Waals surface area contributed by atoms with Crippen LogP contribution in [0.1, 0.15) is 33.3 Å². The molecule has 0 spiro atoms. The minimum Gasteiger partial charge on any atom is -0.497 e. The van der Waals surface area contributed by atoms with E-state index in [2.05, 4.69) is 5.32 Å². The molecule has 1 unspecified atom stereocenters. The van der Waals surface area contributed by atoms with Crippen molar-refractivity contribution in [2.24, 2.45) is 0 Å². The molecule has 2 atom stereocenters. The lowest BCUT2D eigenvalue weighted by molar-refractivity contribution is -0.146. The van der Waals surface area contributed by atoms with Crippen molar-refractivity contribution in [2.45, 2.75) is 51.3 Å². The summed E-state index contributed by atoms with van der Waals surface area (Å²) in [6.45, 7) is 7.06. The first-order chi connectivity index (χ1) is 15.6. The highest BCUT2D eigenvalue weighted by Crippen LogP contribution is 2.41. The quantitative estimate of drug-likeness (QED) is 0.486. The zero-order valence-electron chi connectivity index (χ0n) is 19.2.